The third kappa shape index (κ3) is 5.23. The quantitative estimate of drug-likeness (QED) is 0.868. The highest BCUT2D eigenvalue weighted by Crippen LogP contribution is 2.18. The van der Waals surface area contributed by atoms with Crippen LogP contribution in [-0.2, 0) is 4.79 Å². The zero-order valence-corrected chi connectivity index (χ0v) is 14.0. The molecule has 0 aromatic heterocycles. The van der Waals surface area contributed by atoms with Crippen molar-refractivity contribution in [2.75, 3.05) is 33.7 Å². The van der Waals surface area contributed by atoms with Crippen LogP contribution in [-0.4, -0.2) is 44.5 Å². The Balaban J connectivity index is 0.00000242. The first kappa shape index (κ1) is 18.9. The monoisotopic (exact) mass is 329 g/mol. The Hall–Kier alpha value is -1.17. The van der Waals surface area contributed by atoms with Crippen molar-refractivity contribution in [3.05, 3.63) is 35.6 Å². The van der Waals surface area contributed by atoms with Crippen molar-refractivity contribution in [1.82, 2.24) is 15.5 Å². The van der Waals surface area contributed by atoms with Crippen LogP contribution < -0.4 is 10.6 Å². The Labute approximate surface area is 137 Å². The lowest BCUT2D eigenvalue weighted by Crippen LogP contribution is -2.41. The molecule has 1 saturated heterocycles. The molecule has 1 amide bonds. The number of amides is 1. The third-order valence-electron chi connectivity index (χ3n) is 4.06. The van der Waals surface area contributed by atoms with Crippen molar-refractivity contribution in [3.63, 3.8) is 0 Å². The number of carbonyl (C=O) groups excluding carboxylic acids is 1. The number of halogens is 2. The van der Waals surface area contributed by atoms with Gasteiger partial charge in [-0.1, -0.05) is 12.1 Å². The Kier molecular flexibility index (Phi) is 7.79. The van der Waals surface area contributed by atoms with E-state index in [1.54, 1.807) is 12.1 Å². The summed E-state index contributed by atoms with van der Waals surface area (Å²) in [5.74, 6) is 0.00254. The van der Waals surface area contributed by atoms with Crippen LogP contribution in [0, 0.1) is 11.7 Å². The summed E-state index contributed by atoms with van der Waals surface area (Å²) in [6.45, 7) is 2.36. The first-order valence-corrected chi connectivity index (χ1v) is 7.48. The summed E-state index contributed by atoms with van der Waals surface area (Å²) in [5.41, 5.74) is 1.01. The van der Waals surface area contributed by atoms with Crippen LogP contribution in [0.1, 0.15) is 24.4 Å². The topological polar surface area (TPSA) is 44.4 Å². The van der Waals surface area contributed by atoms with Crippen LogP contribution in [0.25, 0.3) is 0 Å². The van der Waals surface area contributed by atoms with Gasteiger partial charge in [-0.15, -0.1) is 12.4 Å². The van der Waals surface area contributed by atoms with E-state index < -0.39 is 0 Å². The standard InChI is InChI=1S/C16H24FN3O.ClH/c1-20(2)15(12-3-5-14(17)6-4-12)11-19-16(21)13-7-9-18-10-8-13;/h3-6,13,15,18H,7-11H2,1-2H3,(H,19,21);1H. The summed E-state index contributed by atoms with van der Waals surface area (Å²) < 4.78 is 13.0. The van der Waals surface area contributed by atoms with E-state index in [1.165, 1.54) is 12.1 Å². The number of rotatable bonds is 5. The SMILES string of the molecule is CN(C)C(CNC(=O)C1CCNCC1)c1ccc(F)cc1.Cl. The molecule has 0 bridgehead atoms. The zero-order chi connectivity index (χ0) is 15.2. The van der Waals surface area contributed by atoms with Gasteiger partial charge in [0.1, 0.15) is 5.82 Å². The third-order valence-corrected chi connectivity index (χ3v) is 4.06. The van der Waals surface area contributed by atoms with Crippen LogP contribution >= 0.6 is 12.4 Å². The van der Waals surface area contributed by atoms with Gasteiger partial charge >= 0.3 is 0 Å². The normalized spacial score (nSPS) is 16.9. The van der Waals surface area contributed by atoms with Crippen molar-refractivity contribution < 1.29 is 9.18 Å². The molecule has 4 nitrogen and oxygen atoms in total. The summed E-state index contributed by atoms with van der Waals surface area (Å²) in [7, 11) is 3.93. The average Bonchev–Trinajstić information content (AvgIpc) is 2.49. The minimum Gasteiger partial charge on any atom is -0.354 e. The second-order valence-corrected chi connectivity index (χ2v) is 5.80. The maximum absolute atomic E-state index is 13.0. The summed E-state index contributed by atoms with van der Waals surface area (Å²) >= 11 is 0. The number of likely N-dealkylation sites (N-methyl/N-ethyl adjacent to an activating group) is 1. The van der Waals surface area contributed by atoms with Crippen LogP contribution in [0.5, 0.6) is 0 Å². The van der Waals surface area contributed by atoms with Gasteiger partial charge in [0.2, 0.25) is 5.91 Å². The fourth-order valence-electron chi connectivity index (χ4n) is 2.71. The second-order valence-electron chi connectivity index (χ2n) is 5.80. The smallest absolute Gasteiger partial charge is 0.223 e. The molecule has 22 heavy (non-hydrogen) atoms. The highest BCUT2D eigenvalue weighted by molar-refractivity contribution is 5.85. The number of piperidine rings is 1. The Morgan fingerprint density at radius 1 is 1.32 bits per heavy atom. The van der Waals surface area contributed by atoms with E-state index in [0.717, 1.165) is 31.5 Å². The second kappa shape index (κ2) is 9.08. The minimum absolute atomic E-state index is 0. The fraction of sp³-hybridized carbons (Fsp3) is 0.562. The molecular weight excluding hydrogens is 305 g/mol. The molecule has 0 spiro atoms. The lowest BCUT2D eigenvalue weighted by atomic mass is 9.97. The predicted octanol–water partition coefficient (Wildman–Crippen LogP) is 1.97. The Morgan fingerprint density at radius 3 is 2.45 bits per heavy atom. The molecular formula is C16H25ClFN3O. The molecule has 1 aromatic carbocycles. The zero-order valence-electron chi connectivity index (χ0n) is 13.1. The fourth-order valence-corrected chi connectivity index (χ4v) is 2.71. The van der Waals surface area contributed by atoms with Gasteiger partial charge in [0, 0.05) is 12.5 Å². The lowest BCUT2D eigenvalue weighted by Gasteiger charge is -2.27. The summed E-state index contributed by atoms with van der Waals surface area (Å²) in [4.78, 5) is 14.2. The molecule has 124 valence electrons. The van der Waals surface area contributed by atoms with E-state index in [-0.39, 0.29) is 36.1 Å². The predicted molar refractivity (Wildman–Crippen MR) is 88.7 cm³/mol. The molecule has 1 aliphatic heterocycles. The Bertz CT molecular complexity index is 461. The molecule has 0 radical (unpaired) electrons. The van der Waals surface area contributed by atoms with E-state index in [9.17, 15) is 9.18 Å². The number of nitrogens with zero attached hydrogens (tertiary/aromatic N) is 1. The van der Waals surface area contributed by atoms with Gasteiger partial charge in [0.15, 0.2) is 0 Å². The summed E-state index contributed by atoms with van der Waals surface area (Å²) in [6, 6.07) is 6.52. The first-order valence-electron chi connectivity index (χ1n) is 7.48. The van der Waals surface area contributed by atoms with E-state index in [4.69, 9.17) is 0 Å². The molecule has 2 N–H and O–H groups in total. The molecule has 1 heterocycles. The van der Waals surface area contributed by atoms with Gasteiger partial charge < -0.3 is 15.5 Å². The van der Waals surface area contributed by atoms with Gasteiger partial charge in [-0.25, -0.2) is 4.39 Å². The number of nitrogens with one attached hydrogen (secondary N) is 2. The highest BCUT2D eigenvalue weighted by atomic mass is 35.5. The summed E-state index contributed by atoms with van der Waals surface area (Å²) in [6.07, 6.45) is 1.80. The van der Waals surface area contributed by atoms with E-state index in [2.05, 4.69) is 10.6 Å². The van der Waals surface area contributed by atoms with Gasteiger partial charge in [-0.2, -0.15) is 0 Å². The molecule has 2 rings (SSSR count). The number of carbonyl (C=O) groups is 1. The van der Waals surface area contributed by atoms with Gasteiger partial charge in [0.05, 0.1) is 6.04 Å². The van der Waals surface area contributed by atoms with Crippen LogP contribution in [0.4, 0.5) is 4.39 Å². The first-order chi connectivity index (χ1) is 10.1. The van der Waals surface area contributed by atoms with Crippen LogP contribution in [0.2, 0.25) is 0 Å². The molecule has 1 unspecified atom stereocenters. The molecule has 0 aliphatic carbocycles. The largest absolute Gasteiger partial charge is 0.354 e. The van der Waals surface area contributed by atoms with Crippen molar-refractivity contribution in [2.45, 2.75) is 18.9 Å². The van der Waals surface area contributed by atoms with E-state index in [1.807, 2.05) is 19.0 Å². The average molecular weight is 330 g/mol. The van der Waals surface area contributed by atoms with Crippen molar-refractivity contribution in [3.8, 4) is 0 Å². The molecule has 1 atom stereocenters. The van der Waals surface area contributed by atoms with Gasteiger partial charge in [-0.3, -0.25) is 4.79 Å². The van der Waals surface area contributed by atoms with Crippen LogP contribution in [0.3, 0.4) is 0 Å². The number of hydrogen-bond acceptors (Lipinski definition) is 3. The van der Waals surface area contributed by atoms with E-state index in [0.29, 0.717) is 6.54 Å². The van der Waals surface area contributed by atoms with Gasteiger partial charge in [0.25, 0.3) is 0 Å². The minimum atomic E-state index is -0.241. The van der Waals surface area contributed by atoms with Crippen molar-refractivity contribution >= 4 is 18.3 Å². The number of hydrogen-bond donors (Lipinski definition) is 2. The Morgan fingerprint density at radius 2 is 1.91 bits per heavy atom. The van der Waals surface area contributed by atoms with Crippen molar-refractivity contribution in [1.29, 1.82) is 0 Å². The maximum atomic E-state index is 13.0. The number of benzene rings is 1. The molecule has 0 saturated carbocycles. The maximum Gasteiger partial charge on any atom is 0.223 e. The molecule has 1 aliphatic rings. The highest BCUT2D eigenvalue weighted by Gasteiger charge is 2.22. The van der Waals surface area contributed by atoms with Crippen LogP contribution in [0.15, 0.2) is 24.3 Å². The van der Waals surface area contributed by atoms with Crippen molar-refractivity contribution in [2.24, 2.45) is 5.92 Å². The molecule has 1 aromatic rings. The van der Waals surface area contributed by atoms with Gasteiger partial charge in [-0.05, 0) is 57.7 Å². The molecule has 6 heteroatoms. The lowest BCUT2D eigenvalue weighted by molar-refractivity contribution is -0.125. The molecule has 1 fully saturated rings. The van der Waals surface area contributed by atoms with E-state index >= 15 is 0 Å². The summed E-state index contributed by atoms with van der Waals surface area (Å²) in [5, 5.41) is 6.30.